The molecule has 1 atom stereocenters. The molecule has 4 heteroatoms. The number of hydrogen-bond acceptors (Lipinski definition) is 4. The summed E-state index contributed by atoms with van der Waals surface area (Å²) in [5.74, 6) is 0.0965. The number of benzene rings is 1. The fraction of sp³-hybridized carbons (Fsp3) is 0.500. The molecule has 0 aromatic heterocycles. The summed E-state index contributed by atoms with van der Waals surface area (Å²) in [6.45, 7) is 5.63. The lowest BCUT2D eigenvalue weighted by molar-refractivity contribution is 0.0601. The largest absolute Gasteiger partial charge is 0.465 e. The number of anilines is 1. The lowest BCUT2D eigenvalue weighted by Gasteiger charge is -2.15. The van der Waals surface area contributed by atoms with Crippen LogP contribution in [0.5, 0.6) is 0 Å². The van der Waals surface area contributed by atoms with Gasteiger partial charge in [-0.1, -0.05) is 13.0 Å². The van der Waals surface area contributed by atoms with E-state index in [0.29, 0.717) is 18.1 Å². The highest BCUT2D eigenvalue weighted by atomic mass is 16.5. The summed E-state index contributed by atoms with van der Waals surface area (Å²) >= 11 is 0. The highest BCUT2D eigenvalue weighted by Gasteiger charge is 2.08. The third-order valence-corrected chi connectivity index (χ3v) is 2.75. The normalized spacial score (nSPS) is 12.0. The predicted octanol–water partition coefficient (Wildman–Crippen LogP) is 2.48. The molecule has 0 saturated carbocycles. The van der Waals surface area contributed by atoms with E-state index in [-0.39, 0.29) is 5.97 Å². The molecule has 100 valence electrons. The zero-order valence-corrected chi connectivity index (χ0v) is 11.4. The number of methoxy groups -OCH3 is 2. The van der Waals surface area contributed by atoms with Crippen LogP contribution in [-0.2, 0) is 9.47 Å². The van der Waals surface area contributed by atoms with Crippen molar-refractivity contribution in [2.24, 2.45) is 5.92 Å². The van der Waals surface area contributed by atoms with E-state index < -0.39 is 0 Å². The van der Waals surface area contributed by atoms with Crippen LogP contribution in [0.1, 0.15) is 22.8 Å². The molecule has 1 N–H and O–H groups in total. The number of carbonyl (C=O) groups excluding carboxylic acids is 1. The molecular weight excluding hydrogens is 230 g/mol. The van der Waals surface area contributed by atoms with Crippen LogP contribution in [0.25, 0.3) is 0 Å². The minimum absolute atomic E-state index is 0.317. The van der Waals surface area contributed by atoms with Gasteiger partial charge in [-0.05, 0) is 30.5 Å². The van der Waals surface area contributed by atoms with Gasteiger partial charge in [-0.25, -0.2) is 4.79 Å². The second-order valence-electron chi connectivity index (χ2n) is 4.46. The standard InChI is InChI=1S/C14H21NO3/c1-10(9-17-3)8-15-13-7-12(14(16)18-4)6-5-11(13)2/h5-7,10,15H,8-9H2,1-4H3. The average molecular weight is 251 g/mol. The van der Waals surface area contributed by atoms with E-state index >= 15 is 0 Å². The first-order chi connectivity index (χ1) is 8.58. The van der Waals surface area contributed by atoms with Crippen molar-refractivity contribution in [3.8, 4) is 0 Å². The van der Waals surface area contributed by atoms with E-state index in [0.717, 1.165) is 17.8 Å². The van der Waals surface area contributed by atoms with E-state index in [9.17, 15) is 4.79 Å². The third-order valence-electron chi connectivity index (χ3n) is 2.75. The third kappa shape index (κ3) is 4.04. The Morgan fingerprint density at radius 3 is 2.72 bits per heavy atom. The molecule has 4 nitrogen and oxygen atoms in total. The first-order valence-electron chi connectivity index (χ1n) is 6.00. The second kappa shape index (κ2) is 7.01. The number of nitrogens with one attached hydrogen (secondary N) is 1. The molecule has 0 fully saturated rings. The summed E-state index contributed by atoms with van der Waals surface area (Å²) in [6, 6.07) is 5.50. The van der Waals surface area contributed by atoms with Crippen LogP contribution >= 0.6 is 0 Å². The molecule has 0 saturated heterocycles. The van der Waals surface area contributed by atoms with Crippen molar-refractivity contribution in [2.75, 3.05) is 32.7 Å². The van der Waals surface area contributed by atoms with Gasteiger partial charge in [-0.2, -0.15) is 0 Å². The number of rotatable bonds is 6. The quantitative estimate of drug-likeness (QED) is 0.789. The Morgan fingerprint density at radius 1 is 1.39 bits per heavy atom. The van der Waals surface area contributed by atoms with E-state index in [2.05, 4.69) is 12.2 Å². The van der Waals surface area contributed by atoms with Crippen molar-refractivity contribution in [1.29, 1.82) is 0 Å². The van der Waals surface area contributed by atoms with Gasteiger partial charge in [0.15, 0.2) is 0 Å². The van der Waals surface area contributed by atoms with Gasteiger partial charge in [0.2, 0.25) is 0 Å². The highest BCUT2D eigenvalue weighted by Crippen LogP contribution is 2.18. The van der Waals surface area contributed by atoms with Crippen molar-refractivity contribution < 1.29 is 14.3 Å². The van der Waals surface area contributed by atoms with Gasteiger partial charge in [0, 0.05) is 19.3 Å². The second-order valence-corrected chi connectivity index (χ2v) is 4.46. The van der Waals surface area contributed by atoms with Crippen LogP contribution in [0.3, 0.4) is 0 Å². The van der Waals surface area contributed by atoms with Crippen molar-refractivity contribution in [3.05, 3.63) is 29.3 Å². The molecule has 0 amide bonds. The SMILES string of the molecule is COCC(C)CNc1cc(C(=O)OC)ccc1C. The van der Waals surface area contributed by atoms with Crippen molar-refractivity contribution in [3.63, 3.8) is 0 Å². The van der Waals surface area contributed by atoms with E-state index in [1.807, 2.05) is 19.1 Å². The van der Waals surface area contributed by atoms with Crippen LogP contribution in [0, 0.1) is 12.8 Å². The molecule has 0 bridgehead atoms. The number of hydrogen-bond donors (Lipinski definition) is 1. The maximum atomic E-state index is 11.4. The van der Waals surface area contributed by atoms with E-state index in [4.69, 9.17) is 9.47 Å². The molecule has 1 aromatic rings. The molecule has 18 heavy (non-hydrogen) atoms. The number of ether oxygens (including phenoxy) is 2. The van der Waals surface area contributed by atoms with E-state index in [1.165, 1.54) is 7.11 Å². The molecule has 0 spiro atoms. The summed E-state index contributed by atoms with van der Waals surface area (Å²) in [4.78, 5) is 11.4. The van der Waals surface area contributed by atoms with Gasteiger partial charge in [-0.15, -0.1) is 0 Å². The minimum Gasteiger partial charge on any atom is -0.465 e. The topological polar surface area (TPSA) is 47.6 Å². The first-order valence-corrected chi connectivity index (χ1v) is 6.00. The Balaban J connectivity index is 2.72. The van der Waals surface area contributed by atoms with Crippen molar-refractivity contribution in [2.45, 2.75) is 13.8 Å². The molecule has 0 aliphatic heterocycles. The molecular formula is C14H21NO3. The molecule has 0 heterocycles. The summed E-state index contributed by atoms with van der Waals surface area (Å²) in [5.41, 5.74) is 2.62. The number of esters is 1. The van der Waals surface area contributed by atoms with Crippen LogP contribution in [0.2, 0.25) is 0 Å². The summed E-state index contributed by atoms with van der Waals surface area (Å²) in [7, 11) is 3.08. The lowest BCUT2D eigenvalue weighted by atomic mass is 10.1. The Bertz CT molecular complexity index is 404. The van der Waals surface area contributed by atoms with Gasteiger partial charge >= 0.3 is 5.97 Å². The smallest absolute Gasteiger partial charge is 0.337 e. The first kappa shape index (κ1) is 14.5. The van der Waals surface area contributed by atoms with Crippen molar-refractivity contribution >= 4 is 11.7 Å². The Labute approximate surface area is 108 Å². The summed E-state index contributed by atoms with van der Waals surface area (Å²) in [5, 5.41) is 3.33. The predicted molar refractivity (Wildman–Crippen MR) is 72.0 cm³/mol. The van der Waals surface area contributed by atoms with Gasteiger partial charge in [0.05, 0.1) is 19.3 Å². The highest BCUT2D eigenvalue weighted by molar-refractivity contribution is 5.90. The average Bonchev–Trinajstić information content (AvgIpc) is 2.37. The number of carbonyl (C=O) groups is 1. The van der Waals surface area contributed by atoms with Crippen LogP contribution in [0.4, 0.5) is 5.69 Å². The molecule has 0 aliphatic rings. The van der Waals surface area contributed by atoms with Crippen LogP contribution in [-0.4, -0.2) is 33.3 Å². The Hall–Kier alpha value is -1.55. The zero-order valence-electron chi connectivity index (χ0n) is 11.4. The molecule has 1 aromatic carbocycles. The maximum Gasteiger partial charge on any atom is 0.337 e. The van der Waals surface area contributed by atoms with Crippen LogP contribution < -0.4 is 5.32 Å². The monoisotopic (exact) mass is 251 g/mol. The molecule has 1 rings (SSSR count). The molecule has 0 aliphatic carbocycles. The summed E-state index contributed by atoms with van der Waals surface area (Å²) < 4.78 is 9.80. The van der Waals surface area contributed by atoms with E-state index in [1.54, 1.807) is 13.2 Å². The van der Waals surface area contributed by atoms with Crippen LogP contribution in [0.15, 0.2) is 18.2 Å². The van der Waals surface area contributed by atoms with Gasteiger partial charge in [-0.3, -0.25) is 0 Å². The Morgan fingerprint density at radius 2 is 2.11 bits per heavy atom. The Kier molecular flexibility index (Phi) is 5.65. The fourth-order valence-corrected chi connectivity index (χ4v) is 1.68. The summed E-state index contributed by atoms with van der Waals surface area (Å²) in [6.07, 6.45) is 0. The minimum atomic E-state index is -0.317. The maximum absolute atomic E-state index is 11.4. The van der Waals surface area contributed by atoms with Gasteiger partial charge in [0.25, 0.3) is 0 Å². The molecule has 1 unspecified atom stereocenters. The van der Waals surface area contributed by atoms with Crippen molar-refractivity contribution in [1.82, 2.24) is 0 Å². The zero-order chi connectivity index (χ0) is 13.5. The fourth-order valence-electron chi connectivity index (χ4n) is 1.68. The van der Waals surface area contributed by atoms with Gasteiger partial charge < -0.3 is 14.8 Å². The van der Waals surface area contributed by atoms with Gasteiger partial charge in [0.1, 0.15) is 0 Å². The lowest BCUT2D eigenvalue weighted by Crippen LogP contribution is -2.16. The number of aryl methyl sites for hydroxylation is 1. The molecule has 0 radical (unpaired) electrons.